The molecule has 1 saturated carbocycles. The van der Waals surface area contributed by atoms with Crippen molar-refractivity contribution in [2.75, 3.05) is 5.84 Å². The average molecular weight is 445 g/mol. The molecular formula is C24H24N6OS. The van der Waals surface area contributed by atoms with Gasteiger partial charge in [-0.15, -0.1) is 10.2 Å². The number of nitrogen functional groups attached to an aromatic ring is 1. The lowest BCUT2D eigenvalue weighted by Crippen LogP contribution is -2.32. The number of hydrogen-bond donors (Lipinski definition) is 2. The molecule has 0 aliphatic heterocycles. The molecule has 1 unspecified atom stereocenters. The Kier molecular flexibility index (Phi) is 5.30. The van der Waals surface area contributed by atoms with Gasteiger partial charge in [0.15, 0.2) is 5.82 Å². The molecule has 1 amide bonds. The fourth-order valence-electron chi connectivity index (χ4n) is 3.53. The number of carbonyl (C=O) groups excluding carboxylic acids is 1. The van der Waals surface area contributed by atoms with Gasteiger partial charge in [-0.3, -0.25) is 4.79 Å². The first-order valence-electron chi connectivity index (χ1n) is 10.6. The molecule has 3 N–H and O–H groups in total. The van der Waals surface area contributed by atoms with Crippen LogP contribution in [-0.4, -0.2) is 37.1 Å². The van der Waals surface area contributed by atoms with Crippen molar-refractivity contribution >= 4 is 28.6 Å². The van der Waals surface area contributed by atoms with Gasteiger partial charge in [0.2, 0.25) is 11.1 Å². The number of rotatable bonds is 6. The average Bonchev–Trinajstić information content (AvgIpc) is 3.55. The van der Waals surface area contributed by atoms with Gasteiger partial charge in [-0.05, 0) is 38.8 Å². The molecule has 162 valence electrons. The van der Waals surface area contributed by atoms with Gasteiger partial charge in [0, 0.05) is 22.6 Å². The molecule has 2 heterocycles. The molecule has 0 saturated heterocycles. The van der Waals surface area contributed by atoms with Crippen LogP contribution >= 0.6 is 11.8 Å². The Hall–Kier alpha value is -3.39. The number of benzene rings is 2. The summed E-state index contributed by atoms with van der Waals surface area (Å²) in [6.07, 6.45) is 2.11. The molecule has 0 bridgehead atoms. The zero-order valence-corrected chi connectivity index (χ0v) is 18.8. The van der Waals surface area contributed by atoms with Crippen LogP contribution in [0.3, 0.4) is 0 Å². The van der Waals surface area contributed by atoms with E-state index in [2.05, 4.69) is 46.7 Å². The van der Waals surface area contributed by atoms with Crippen molar-refractivity contribution in [3.63, 3.8) is 0 Å². The molecule has 1 fully saturated rings. The number of aromatic nitrogens is 4. The lowest BCUT2D eigenvalue weighted by atomic mass is 10.0. The third-order valence-electron chi connectivity index (χ3n) is 5.54. The Morgan fingerprint density at radius 1 is 1.16 bits per heavy atom. The number of carbonyl (C=O) groups is 1. The maximum absolute atomic E-state index is 12.3. The summed E-state index contributed by atoms with van der Waals surface area (Å²) >= 11 is 1.31. The third-order valence-corrected chi connectivity index (χ3v) is 6.60. The normalized spacial score (nSPS) is 14.4. The summed E-state index contributed by atoms with van der Waals surface area (Å²) in [6, 6.07) is 18.5. The molecule has 2 aromatic carbocycles. The number of aryl methyl sites for hydroxylation is 1. The number of fused-ring (bicyclic) bond motifs is 1. The number of nitrogens with one attached hydrogen (secondary N) is 1. The van der Waals surface area contributed by atoms with E-state index in [9.17, 15) is 4.79 Å². The van der Waals surface area contributed by atoms with Crippen LogP contribution in [0.15, 0.2) is 59.8 Å². The predicted molar refractivity (Wildman–Crippen MR) is 128 cm³/mol. The summed E-state index contributed by atoms with van der Waals surface area (Å²) in [5.74, 6) is 6.95. The first-order chi connectivity index (χ1) is 15.5. The standard InChI is InChI=1S/C24H24N6OS/c1-14-7-9-16(10-8-14)21-13-19(18-5-3-4-6-20(18)27-21)22-28-29-24(30(22)25)32-15(2)23(31)26-17-11-12-17/h3-10,13,15,17H,11-12,25H2,1-2H3,(H,26,31). The zero-order valence-electron chi connectivity index (χ0n) is 17.9. The van der Waals surface area contributed by atoms with Crippen LogP contribution < -0.4 is 11.2 Å². The summed E-state index contributed by atoms with van der Waals surface area (Å²) in [5.41, 5.74) is 4.76. The number of para-hydroxylation sites is 1. The largest absolute Gasteiger partial charge is 0.352 e. The van der Waals surface area contributed by atoms with Crippen LogP contribution in [0.25, 0.3) is 33.5 Å². The molecule has 1 aliphatic carbocycles. The van der Waals surface area contributed by atoms with Gasteiger partial charge in [-0.1, -0.05) is 59.8 Å². The van der Waals surface area contributed by atoms with Crippen molar-refractivity contribution in [3.05, 3.63) is 60.2 Å². The van der Waals surface area contributed by atoms with E-state index >= 15 is 0 Å². The maximum atomic E-state index is 12.3. The van der Waals surface area contributed by atoms with E-state index in [0.29, 0.717) is 17.0 Å². The first kappa shape index (κ1) is 20.5. The SMILES string of the molecule is Cc1ccc(-c2cc(-c3nnc(SC(C)C(=O)NC4CC4)n3N)c3ccccc3n2)cc1. The second-order valence-electron chi connectivity index (χ2n) is 8.16. The molecule has 0 radical (unpaired) electrons. The van der Waals surface area contributed by atoms with E-state index in [1.807, 2.05) is 37.3 Å². The monoisotopic (exact) mass is 444 g/mol. The van der Waals surface area contributed by atoms with Crippen LogP contribution in [0.2, 0.25) is 0 Å². The van der Waals surface area contributed by atoms with E-state index in [1.165, 1.54) is 22.0 Å². The number of hydrogen-bond acceptors (Lipinski definition) is 6. The number of thioether (sulfide) groups is 1. The van der Waals surface area contributed by atoms with Crippen molar-refractivity contribution in [2.45, 2.75) is 43.1 Å². The highest BCUT2D eigenvalue weighted by atomic mass is 32.2. The van der Waals surface area contributed by atoms with Gasteiger partial charge >= 0.3 is 0 Å². The maximum Gasteiger partial charge on any atom is 0.233 e. The minimum Gasteiger partial charge on any atom is -0.352 e. The highest BCUT2D eigenvalue weighted by Gasteiger charge is 2.27. The number of pyridine rings is 1. The molecule has 1 aliphatic rings. The number of amides is 1. The van der Waals surface area contributed by atoms with E-state index < -0.39 is 0 Å². The molecule has 2 aromatic heterocycles. The first-order valence-corrected chi connectivity index (χ1v) is 11.5. The van der Waals surface area contributed by atoms with Crippen LogP contribution in [0.5, 0.6) is 0 Å². The van der Waals surface area contributed by atoms with Gasteiger partial charge in [-0.25, -0.2) is 9.66 Å². The molecule has 0 spiro atoms. The number of nitrogens with zero attached hydrogens (tertiary/aromatic N) is 4. The van der Waals surface area contributed by atoms with E-state index in [1.54, 1.807) is 0 Å². The summed E-state index contributed by atoms with van der Waals surface area (Å²) < 4.78 is 1.46. The molecular weight excluding hydrogens is 420 g/mol. The van der Waals surface area contributed by atoms with Crippen molar-refractivity contribution < 1.29 is 4.79 Å². The lowest BCUT2D eigenvalue weighted by molar-refractivity contribution is -0.120. The van der Waals surface area contributed by atoms with Gasteiger partial charge in [0.05, 0.1) is 16.5 Å². The topological polar surface area (TPSA) is 98.7 Å². The molecule has 4 aromatic rings. The quantitative estimate of drug-likeness (QED) is 0.345. The van der Waals surface area contributed by atoms with Crippen LogP contribution in [0, 0.1) is 6.92 Å². The Morgan fingerprint density at radius 3 is 2.66 bits per heavy atom. The van der Waals surface area contributed by atoms with Crippen molar-refractivity contribution in [1.82, 2.24) is 25.2 Å². The van der Waals surface area contributed by atoms with Crippen molar-refractivity contribution in [3.8, 4) is 22.6 Å². The fraction of sp³-hybridized carbons (Fsp3) is 0.250. The minimum absolute atomic E-state index is 0.00179. The summed E-state index contributed by atoms with van der Waals surface area (Å²) in [6.45, 7) is 3.92. The van der Waals surface area contributed by atoms with E-state index in [4.69, 9.17) is 10.8 Å². The number of nitrogens with two attached hydrogens (primary N) is 1. The summed E-state index contributed by atoms with van der Waals surface area (Å²) in [5, 5.41) is 12.8. The van der Waals surface area contributed by atoms with Crippen molar-refractivity contribution in [1.29, 1.82) is 0 Å². The van der Waals surface area contributed by atoms with Gasteiger partial charge in [0.25, 0.3) is 0 Å². The van der Waals surface area contributed by atoms with Crippen LogP contribution in [0.1, 0.15) is 25.3 Å². The van der Waals surface area contributed by atoms with Gasteiger partial charge in [-0.2, -0.15) is 0 Å². The van der Waals surface area contributed by atoms with Crippen molar-refractivity contribution in [2.24, 2.45) is 0 Å². The second-order valence-corrected chi connectivity index (χ2v) is 9.47. The summed E-state index contributed by atoms with van der Waals surface area (Å²) in [7, 11) is 0. The summed E-state index contributed by atoms with van der Waals surface area (Å²) in [4.78, 5) is 17.2. The Bertz CT molecular complexity index is 1300. The van der Waals surface area contributed by atoms with Crippen LogP contribution in [-0.2, 0) is 4.79 Å². The predicted octanol–water partition coefficient (Wildman–Crippen LogP) is 3.94. The smallest absolute Gasteiger partial charge is 0.233 e. The lowest BCUT2D eigenvalue weighted by Gasteiger charge is -2.12. The molecule has 7 nitrogen and oxygen atoms in total. The Balaban J connectivity index is 1.52. The second kappa shape index (κ2) is 8.27. The molecule has 5 rings (SSSR count). The highest BCUT2D eigenvalue weighted by molar-refractivity contribution is 8.00. The fourth-order valence-corrected chi connectivity index (χ4v) is 4.31. The Labute approximate surface area is 190 Å². The third kappa shape index (κ3) is 4.05. The van der Waals surface area contributed by atoms with E-state index in [0.717, 1.165) is 40.6 Å². The molecule has 1 atom stereocenters. The molecule has 8 heteroatoms. The van der Waals surface area contributed by atoms with E-state index in [-0.39, 0.29) is 11.2 Å². The zero-order chi connectivity index (χ0) is 22.2. The minimum atomic E-state index is -0.313. The van der Waals surface area contributed by atoms with Gasteiger partial charge < -0.3 is 11.2 Å². The van der Waals surface area contributed by atoms with Crippen LogP contribution in [0.4, 0.5) is 0 Å². The van der Waals surface area contributed by atoms with Gasteiger partial charge in [0.1, 0.15) is 0 Å². The Morgan fingerprint density at radius 2 is 1.91 bits per heavy atom. The highest BCUT2D eigenvalue weighted by Crippen LogP contribution is 2.33. The molecule has 32 heavy (non-hydrogen) atoms.